The second-order valence-electron chi connectivity index (χ2n) is 20.2. The van der Waals surface area contributed by atoms with Crippen LogP contribution in [0.25, 0.3) is 0 Å². The second kappa shape index (κ2) is 60.9. The fourth-order valence-electron chi connectivity index (χ4n) is 8.48. The molecule has 0 rings (SSSR count). The molecule has 0 aromatic heterocycles. The third kappa shape index (κ3) is 59.1. The lowest BCUT2D eigenvalue weighted by molar-refractivity contribution is -0.167. The molecular weight excluding hydrogens is 901 g/mol. The summed E-state index contributed by atoms with van der Waals surface area (Å²) < 4.78 is 16.9. The summed E-state index contributed by atoms with van der Waals surface area (Å²) in [5.74, 6) is -0.937. The Morgan fingerprint density at radius 1 is 0.288 bits per heavy atom. The van der Waals surface area contributed by atoms with E-state index in [9.17, 15) is 14.4 Å². The summed E-state index contributed by atoms with van der Waals surface area (Å²) in [7, 11) is 0. The first-order chi connectivity index (χ1) is 36.0. The molecule has 0 aromatic carbocycles. The van der Waals surface area contributed by atoms with Crippen molar-refractivity contribution in [3.05, 3.63) is 97.2 Å². The Bertz CT molecular complexity index is 1440. The third-order valence-electron chi connectivity index (χ3n) is 13.1. The third-order valence-corrected chi connectivity index (χ3v) is 13.1. The highest BCUT2D eigenvalue weighted by molar-refractivity contribution is 5.71. The number of carbonyl (C=O) groups is 3. The second-order valence-corrected chi connectivity index (χ2v) is 20.2. The summed E-state index contributed by atoms with van der Waals surface area (Å²) in [6.07, 6.45) is 81.1. The zero-order chi connectivity index (χ0) is 52.9. The lowest BCUT2D eigenvalue weighted by Gasteiger charge is -2.18. The van der Waals surface area contributed by atoms with Crippen LogP contribution in [0.3, 0.4) is 0 Å². The summed E-state index contributed by atoms with van der Waals surface area (Å²) in [5.41, 5.74) is 0. The van der Waals surface area contributed by atoms with E-state index in [4.69, 9.17) is 14.2 Å². The maximum absolute atomic E-state index is 12.9. The van der Waals surface area contributed by atoms with Gasteiger partial charge in [-0.25, -0.2) is 0 Å². The van der Waals surface area contributed by atoms with Crippen LogP contribution in [-0.4, -0.2) is 37.2 Å². The molecule has 6 nitrogen and oxygen atoms in total. The molecule has 0 N–H and O–H groups in total. The van der Waals surface area contributed by atoms with E-state index >= 15 is 0 Å². The van der Waals surface area contributed by atoms with Gasteiger partial charge < -0.3 is 14.2 Å². The molecule has 0 heterocycles. The maximum atomic E-state index is 12.9. The standard InChI is InChI=1S/C67H114O6/c1-4-7-10-13-16-19-22-25-28-31-32-33-34-37-39-42-45-48-51-54-57-60-66(69)72-63-64(73-67(70)61-58-55-52-49-46-43-40-36-30-27-24-21-18-15-12-9-6-3)62-71-65(68)59-56-53-50-47-44-41-38-35-29-26-23-20-17-14-11-8-5-2/h7,10,16,18-19,21,25,27-28,30,32-33,37,39,45,48,64H,4-6,8-9,11-15,17,20,22-24,26,29,31,34-36,38,40-44,46-47,49-63H2,1-3H3/b10-7-,19-16-,21-18-,28-25-,30-27-,33-32-,39-37-,48-45-. The zero-order valence-corrected chi connectivity index (χ0v) is 47.9. The summed E-state index contributed by atoms with van der Waals surface area (Å²) in [4.78, 5) is 38.3. The van der Waals surface area contributed by atoms with E-state index in [1.54, 1.807) is 0 Å². The van der Waals surface area contributed by atoms with Gasteiger partial charge >= 0.3 is 17.9 Å². The van der Waals surface area contributed by atoms with Gasteiger partial charge in [-0.15, -0.1) is 0 Å². The molecule has 0 aliphatic carbocycles. The van der Waals surface area contributed by atoms with Crippen LogP contribution in [0.1, 0.15) is 290 Å². The predicted octanol–water partition coefficient (Wildman–Crippen LogP) is 20.9. The van der Waals surface area contributed by atoms with Crippen LogP contribution in [0.15, 0.2) is 97.2 Å². The number of hydrogen-bond donors (Lipinski definition) is 0. The molecule has 73 heavy (non-hydrogen) atoms. The van der Waals surface area contributed by atoms with E-state index in [0.29, 0.717) is 19.3 Å². The summed E-state index contributed by atoms with van der Waals surface area (Å²) in [6, 6.07) is 0. The van der Waals surface area contributed by atoms with Crippen molar-refractivity contribution in [1.29, 1.82) is 0 Å². The van der Waals surface area contributed by atoms with Gasteiger partial charge in [0.05, 0.1) is 0 Å². The van der Waals surface area contributed by atoms with Gasteiger partial charge in [-0.2, -0.15) is 0 Å². The zero-order valence-electron chi connectivity index (χ0n) is 47.9. The Morgan fingerprint density at radius 2 is 0.534 bits per heavy atom. The Kier molecular flexibility index (Phi) is 57.8. The molecular formula is C67H114O6. The van der Waals surface area contributed by atoms with Crippen molar-refractivity contribution < 1.29 is 28.6 Å². The highest BCUT2D eigenvalue weighted by atomic mass is 16.6. The lowest BCUT2D eigenvalue weighted by atomic mass is 10.0. The minimum atomic E-state index is -0.800. The van der Waals surface area contributed by atoms with Crippen molar-refractivity contribution in [2.45, 2.75) is 297 Å². The van der Waals surface area contributed by atoms with Crippen molar-refractivity contribution in [2.24, 2.45) is 0 Å². The molecule has 418 valence electrons. The first kappa shape index (κ1) is 69.3. The lowest BCUT2D eigenvalue weighted by Crippen LogP contribution is -2.30. The molecule has 0 saturated carbocycles. The van der Waals surface area contributed by atoms with Gasteiger partial charge in [0.2, 0.25) is 0 Å². The van der Waals surface area contributed by atoms with Gasteiger partial charge in [0.1, 0.15) is 13.2 Å². The molecule has 0 radical (unpaired) electrons. The number of unbranched alkanes of at least 4 members (excludes halogenated alkanes) is 28. The van der Waals surface area contributed by atoms with E-state index < -0.39 is 6.10 Å². The molecule has 0 aromatic rings. The molecule has 0 saturated heterocycles. The van der Waals surface area contributed by atoms with E-state index in [2.05, 4.69) is 118 Å². The topological polar surface area (TPSA) is 78.9 Å². The number of ether oxygens (including phenoxy) is 3. The van der Waals surface area contributed by atoms with Crippen LogP contribution < -0.4 is 0 Å². The van der Waals surface area contributed by atoms with Crippen molar-refractivity contribution in [3.8, 4) is 0 Å². The Labute approximate surface area is 451 Å². The highest BCUT2D eigenvalue weighted by Gasteiger charge is 2.19. The molecule has 0 spiro atoms. The maximum Gasteiger partial charge on any atom is 0.306 e. The number of rotatable bonds is 55. The van der Waals surface area contributed by atoms with Gasteiger partial charge in [-0.05, 0) is 103 Å². The van der Waals surface area contributed by atoms with Gasteiger partial charge in [0.15, 0.2) is 6.10 Å². The van der Waals surface area contributed by atoms with Crippen molar-refractivity contribution in [3.63, 3.8) is 0 Å². The smallest absolute Gasteiger partial charge is 0.306 e. The number of carbonyl (C=O) groups excluding carboxylic acids is 3. The average molecular weight is 1020 g/mol. The van der Waals surface area contributed by atoms with Crippen molar-refractivity contribution in [1.82, 2.24) is 0 Å². The van der Waals surface area contributed by atoms with Crippen LogP contribution in [-0.2, 0) is 28.6 Å². The molecule has 0 bridgehead atoms. The van der Waals surface area contributed by atoms with Crippen LogP contribution >= 0.6 is 0 Å². The van der Waals surface area contributed by atoms with E-state index in [1.807, 2.05) is 0 Å². The van der Waals surface area contributed by atoms with Crippen LogP contribution in [0.2, 0.25) is 0 Å². The van der Waals surface area contributed by atoms with Gasteiger partial charge in [0.25, 0.3) is 0 Å². The van der Waals surface area contributed by atoms with Crippen LogP contribution in [0, 0.1) is 0 Å². The molecule has 1 unspecified atom stereocenters. The van der Waals surface area contributed by atoms with Crippen molar-refractivity contribution in [2.75, 3.05) is 13.2 Å². The number of esters is 3. The highest BCUT2D eigenvalue weighted by Crippen LogP contribution is 2.16. The SMILES string of the molecule is CC/C=C\C/C=C\C/C=C\C/C=C\C/C=C\C/C=C\CCCCC(=O)OCC(COC(=O)CCCCCCCCCCCCCCCCCCC)OC(=O)CCCCCCCCC/C=C\C/C=C\CCCCC. The molecule has 0 amide bonds. The fourth-order valence-corrected chi connectivity index (χ4v) is 8.48. The molecule has 0 aliphatic rings. The molecule has 0 fully saturated rings. The quantitative estimate of drug-likeness (QED) is 0.0261. The number of hydrogen-bond acceptors (Lipinski definition) is 6. The van der Waals surface area contributed by atoms with Gasteiger partial charge in [0, 0.05) is 19.3 Å². The Balaban J connectivity index is 4.46. The summed E-state index contributed by atoms with van der Waals surface area (Å²) >= 11 is 0. The Morgan fingerprint density at radius 3 is 0.890 bits per heavy atom. The van der Waals surface area contributed by atoms with E-state index in [-0.39, 0.29) is 31.1 Å². The largest absolute Gasteiger partial charge is 0.462 e. The minimum absolute atomic E-state index is 0.0928. The van der Waals surface area contributed by atoms with Crippen LogP contribution in [0.4, 0.5) is 0 Å². The predicted molar refractivity (Wildman–Crippen MR) is 316 cm³/mol. The van der Waals surface area contributed by atoms with Gasteiger partial charge in [-0.3, -0.25) is 14.4 Å². The normalized spacial score (nSPS) is 12.8. The van der Waals surface area contributed by atoms with Crippen LogP contribution in [0.5, 0.6) is 0 Å². The van der Waals surface area contributed by atoms with Crippen molar-refractivity contribution >= 4 is 17.9 Å². The summed E-state index contributed by atoms with van der Waals surface area (Å²) in [6.45, 7) is 6.48. The number of allylic oxidation sites excluding steroid dienone is 16. The fraction of sp³-hybridized carbons (Fsp3) is 0.716. The first-order valence-electron chi connectivity index (χ1n) is 30.7. The monoisotopic (exact) mass is 1010 g/mol. The molecule has 1 atom stereocenters. The Hall–Kier alpha value is -3.67. The van der Waals surface area contributed by atoms with E-state index in [1.165, 1.54) is 141 Å². The average Bonchev–Trinajstić information content (AvgIpc) is 3.39. The molecule has 0 aliphatic heterocycles. The minimum Gasteiger partial charge on any atom is -0.462 e. The summed E-state index contributed by atoms with van der Waals surface area (Å²) in [5, 5.41) is 0. The first-order valence-corrected chi connectivity index (χ1v) is 30.7. The molecule has 6 heteroatoms. The van der Waals surface area contributed by atoms with Gasteiger partial charge in [-0.1, -0.05) is 266 Å². The van der Waals surface area contributed by atoms with E-state index in [0.717, 1.165) is 109 Å².